The van der Waals surface area contributed by atoms with Crippen molar-refractivity contribution in [1.82, 2.24) is 0 Å². The van der Waals surface area contributed by atoms with Gasteiger partial charge in [-0.3, -0.25) is 18.6 Å². The molecular weight excluding hydrogens is 835 g/mol. The molecule has 15 nitrogen and oxygen atoms in total. The summed E-state index contributed by atoms with van der Waals surface area (Å²) in [4.78, 5) is 35.7. The molecule has 63 heavy (non-hydrogen) atoms. The van der Waals surface area contributed by atoms with E-state index in [0.29, 0.717) is 32.1 Å². The van der Waals surface area contributed by atoms with E-state index in [9.17, 15) is 54.8 Å². The Morgan fingerprint density at radius 1 is 0.603 bits per heavy atom. The van der Waals surface area contributed by atoms with Gasteiger partial charge < -0.3 is 50.1 Å². The molecule has 1 aliphatic rings. The minimum atomic E-state index is -5.17. The lowest BCUT2D eigenvalue weighted by molar-refractivity contribution is -0.220. The molecule has 1 aliphatic carbocycles. The van der Waals surface area contributed by atoms with Crippen molar-refractivity contribution in [3.8, 4) is 0 Å². The number of hydrogen-bond donors (Lipinski definition) is 8. The average molecular weight is 915 g/mol. The van der Waals surface area contributed by atoms with Crippen LogP contribution >= 0.6 is 7.82 Å². The molecule has 3 unspecified atom stereocenters. The first-order valence-electron chi connectivity index (χ1n) is 23.0. The molecule has 0 aliphatic heterocycles. The summed E-state index contributed by atoms with van der Waals surface area (Å²) in [5.74, 6) is -1.29. The predicted molar refractivity (Wildman–Crippen MR) is 242 cm³/mol. The smallest absolute Gasteiger partial charge is 0.462 e. The van der Waals surface area contributed by atoms with Gasteiger partial charge in [-0.05, 0) is 38.5 Å². The Hall–Kier alpha value is -2.79. The SMILES string of the molecule is CC/C=C\C[C@@H](O)/C=C/C=C\C/C=C\C=C\[C@@H](O)/C=C\CCCC(=O)OC[C@H](COP(=O)(O)OC1[C@H](O)[C@H](O)C(O)[C@H](O)[C@H]1O)OC(=O)CCCCCCCCCCCCCCC. The molecule has 0 radical (unpaired) electrons. The van der Waals surface area contributed by atoms with E-state index in [0.717, 1.165) is 32.1 Å². The highest BCUT2D eigenvalue weighted by molar-refractivity contribution is 7.47. The van der Waals surface area contributed by atoms with Gasteiger partial charge in [0.05, 0.1) is 18.8 Å². The van der Waals surface area contributed by atoms with Crippen LogP contribution in [0.15, 0.2) is 72.9 Å². The zero-order valence-corrected chi connectivity index (χ0v) is 38.5. The molecule has 1 rings (SSSR count). The molecule has 0 heterocycles. The molecule has 1 saturated carbocycles. The van der Waals surface area contributed by atoms with Gasteiger partial charge in [-0.25, -0.2) is 4.57 Å². The van der Waals surface area contributed by atoms with E-state index in [4.69, 9.17) is 18.5 Å². The van der Waals surface area contributed by atoms with Crippen molar-refractivity contribution in [3.05, 3.63) is 72.9 Å². The second kappa shape index (κ2) is 36.4. The van der Waals surface area contributed by atoms with Gasteiger partial charge in [-0.1, -0.05) is 164 Å². The average Bonchev–Trinajstić information content (AvgIpc) is 3.25. The van der Waals surface area contributed by atoms with Crippen molar-refractivity contribution in [2.75, 3.05) is 13.2 Å². The summed E-state index contributed by atoms with van der Waals surface area (Å²) in [7, 11) is -5.17. The van der Waals surface area contributed by atoms with Crippen molar-refractivity contribution in [2.45, 2.75) is 197 Å². The van der Waals surface area contributed by atoms with Gasteiger partial charge in [0.2, 0.25) is 0 Å². The predicted octanol–water partition coefficient (Wildman–Crippen LogP) is 6.66. The fraction of sp³-hybridized carbons (Fsp3) is 0.702. The third-order valence-corrected chi connectivity index (χ3v) is 11.2. The number of carbonyl (C=O) groups excluding carboxylic acids is 2. The van der Waals surface area contributed by atoms with E-state index in [1.165, 1.54) is 51.4 Å². The maximum atomic E-state index is 12.8. The summed E-state index contributed by atoms with van der Waals surface area (Å²) in [6.07, 6.45) is 24.5. The summed E-state index contributed by atoms with van der Waals surface area (Å²) in [5.41, 5.74) is 0. The van der Waals surface area contributed by atoms with E-state index in [2.05, 4.69) is 6.92 Å². The number of aliphatic hydroxyl groups excluding tert-OH is 7. The zero-order chi connectivity index (χ0) is 46.7. The first kappa shape index (κ1) is 58.2. The van der Waals surface area contributed by atoms with Crippen molar-refractivity contribution in [1.29, 1.82) is 0 Å². The largest absolute Gasteiger partial charge is 0.472 e. The van der Waals surface area contributed by atoms with E-state index in [-0.39, 0.29) is 12.8 Å². The van der Waals surface area contributed by atoms with Crippen LogP contribution in [-0.4, -0.2) is 121 Å². The van der Waals surface area contributed by atoms with Crippen LogP contribution in [0.1, 0.15) is 142 Å². The van der Waals surface area contributed by atoms with E-state index in [1.807, 2.05) is 43.4 Å². The maximum Gasteiger partial charge on any atom is 0.472 e. The van der Waals surface area contributed by atoms with Gasteiger partial charge >= 0.3 is 19.8 Å². The fourth-order valence-electron chi connectivity index (χ4n) is 6.50. The molecule has 10 atom stereocenters. The molecule has 0 saturated heterocycles. The number of aliphatic hydroxyl groups is 7. The highest BCUT2D eigenvalue weighted by atomic mass is 31.2. The molecule has 0 aromatic carbocycles. The monoisotopic (exact) mass is 915 g/mol. The number of allylic oxidation sites excluding steroid dienone is 8. The molecular formula is C47H79O15P. The van der Waals surface area contributed by atoms with Crippen LogP contribution in [0.5, 0.6) is 0 Å². The molecule has 0 aromatic rings. The Bertz CT molecular complexity index is 1410. The Morgan fingerprint density at radius 3 is 1.73 bits per heavy atom. The second-order valence-corrected chi connectivity index (χ2v) is 17.3. The summed E-state index contributed by atoms with van der Waals surface area (Å²) >= 11 is 0. The van der Waals surface area contributed by atoms with Gasteiger partial charge in [0.1, 0.15) is 43.2 Å². The van der Waals surface area contributed by atoms with Crippen LogP contribution < -0.4 is 0 Å². The third kappa shape index (κ3) is 29.4. The van der Waals surface area contributed by atoms with Gasteiger partial charge in [0, 0.05) is 12.8 Å². The molecule has 0 spiro atoms. The standard InChI is InChI=1S/C47H79O15P/c1-3-5-7-8-9-10-11-12-13-14-18-21-27-34-41(51)61-39(36-60-63(57,58)62-47-45(55)43(53)42(52)44(54)46(47)56)35-59-40(50)33-28-22-26-32-38(49)31-25-20-17-15-16-19-24-30-37(48)29-23-6-4-2/h6,16-17,19-20,23-26,30-32,37-39,42-49,52-56H,3-5,7-15,18,21-22,27-29,33-36H2,1-2H3,(H,57,58)/b19-16-,20-17-,23-6-,30-24+,31-25+,32-26-/t37-,38-,39-,42?,43-,44+,45-,46-,47?/m1/s1. The van der Waals surface area contributed by atoms with Crippen LogP contribution in [0, 0.1) is 0 Å². The highest BCUT2D eigenvalue weighted by Crippen LogP contribution is 2.47. The molecule has 0 bridgehead atoms. The van der Waals surface area contributed by atoms with Crippen LogP contribution in [0.3, 0.4) is 0 Å². The first-order valence-corrected chi connectivity index (χ1v) is 24.5. The van der Waals surface area contributed by atoms with Gasteiger partial charge in [-0.15, -0.1) is 0 Å². The second-order valence-electron chi connectivity index (χ2n) is 15.9. The maximum absolute atomic E-state index is 12.8. The van der Waals surface area contributed by atoms with Crippen LogP contribution in [0.25, 0.3) is 0 Å². The number of esters is 2. The number of rotatable bonds is 36. The lowest BCUT2D eigenvalue weighted by atomic mass is 9.85. The van der Waals surface area contributed by atoms with E-state index in [1.54, 1.807) is 36.5 Å². The lowest BCUT2D eigenvalue weighted by Gasteiger charge is -2.41. The number of ether oxygens (including phenoxy) is 2. The number of carbonyl (C=O) groups is 2. The molecule has 16 heteroatoms. The van der Waals surface area contributed by atoms with E-state index < -0.39 is 87.9 Å². The molecule has 0 aromatic heterocycles. The Morgan fingerprint density at radius 2 is 1.14 bits per heavy atom. The summed E-state index contributed by atoms with van der Waals surface area (Å²) < 4.78 is 33.4. The summed E-state index contributed by atoms with van der Waals surface area (Å²) in [6, 6.07) is 0. The van der Waals surface area contributed by atoms with E-state index >= 15 is 0 Å². The molecule has 1 fully saturated rings. The van der Waals surface area contributed by atoms with Gasteiger partial charge in [0.15, 0.2) is 6.10 Å². The van der Waals surface area contributed by atoms with Crippen LogP contribution in [-0.2, 0) is 32.7 Å². The summed E-state index contributed by atoms with van der Waals surface area (Å²) in [6.45, 7) is 2.93. The van der Waals surface area contributed by atoms with Crippen molar-refractivity contribution in [3.63, 3.8) is 0 Å². The number of unbranched alkanes of at least 4 members (excludes halogenated alkanes) is 13. The third-order valence-electron chi connectivity index (χ3n) is 10.2. The minimum absolute atomic E-state index is 0.0212. The molecule has 8 N–H and O–H groups in total. The first-order chi connectivity index (χ1) is 30.2. The van der Waals surface area contributed by atoms with Crippen molar-refractivity contribution in [2.24, 2.45) is 0 Å². The van der Waals surface area contributed by atoms with Gasteiger partial charge in [-0.2, -0.15) is 0 Å². The highest BCUT2D eigenvalue weighted by Gasteiger charge is 2.51. The Balaban J connectivity index is 2.57. The fourth-order valence-corrected chi connectivity index (χ4v) is 7.47. The van der Waals surface area contributed by atoms with Crippen LogP contribution in [0.2, 0.25) is 0 Å². The van der Waals surface area contributed by atoms with Gasteiger partial charge in [0.25, 0.3) is 0 Å². The lowest BCUT2D eigenvalue weighted by Crippen LogP contribution is -2.64. The quantitative estimate of drug-likeness (QED) is 0.0108. The number of phosphoric acid groups is 1. The Kier molecular flexibility index (Phi) is 33.7. The Labute approximate surface area is 375 Å². The van der Waals surface area contributed by atoms with Crippen molar-refractivity contribution < 1.29 is 73.3 Å². The molecule has 0 amide bonds. The minimum Gasteiger partial charge on any atom is -0.462 e. The number of phosphoric ester groups is 1. The molecule has 362 valence electrons. The van der Waals surface area contributed by atoms with Crippen LogP contribution in [0.4, 0.5) is 0 Å². The normalized spacial score (nSPS) is 23.4. The zero-order valence-electron chi connectivity index (χ0n) is 37.6. The topological polar surface area (TPSA) is 250 Å². The number of hydrogen-bond acceptors (Lipinski definition) is 14. The summed E-state index contributed by atoms with van der Waals surface area (Å²) in [5, 5.41) is 70.1. The van der Waals surface area contributed by atoms with Crippen molar-refractivity contribution >= 4 is 19.8 Å².